The summed E-state index contributed by atoms with van der Waals surface area (Å²) in [5.74, 6) is 0. The molecule has 0 saturated heterocycles. The van der Waals surface area contributed by atoms with E-state index in [1.807, 2.05) is 25.1 Å². The zero-order chi connectivity index (χ0) is 9.68. The molecule has 1 unspecified atom stereocenters. The zero-order valence-corrected chi connectivity index (χ0v) is 8.16. The van der Waals surface area contributed by atoms with E-state index in [-0.39, 0.29) is 0 Å². The summed E-state index contributed by atoms with van der Waals surface area (Å²) in [5.41, 5.74) is 2.38. The van der Waals surface area contributed by atoms with Crippen molar-refractivity contribution in [3.8, 4) is 0 Å². The Bertz CT molecular complexity index is 258. The molecule has 0 spiro atoms. The van der Waals surface area contributed by atoms with E-state index in [0.717, 1.165) is 5.56 Å². The molecule has 1 atom stereocenters. The van der Waals surface area contributed by atoms with Gasteiger partial charge in [-0.15, -0.1) is 0 Å². The van der Waals surface area contributed by atoms with Gasteiger partial charge in [-0.1, -0.05) is 29.8 Å². The summed E-state index contributed by atoms with van der Waals surface area (Å²) in [5, 5.41) is 9.47. The van der Waals surface area contributed by atoms with Crippen LogP contribution in [0.1, 0.15) is 11.1 Å². The van der Waals surface area contributed by atoms with E-state index in [0.29, 0.717) is 13.0 Å². The first-order chi connectivity index (χ1) is 6.22. The van der Waals surface area contributed by atoms with Crippen LogP contribution in [0.4, 0.5) is 0 Å². The summed E-state index contributed by atoms with van der Waals surface area (Å²) in [4.78, 5) is 0. The molecule has 0 heterocycles. The Morgan fingerprint density at radius 2 is 2.23 bits per heavy atom. The van der Waals surface area contributed by atoms with Gasteiger partial charge in [0, 0.05) is 13.5 Å². The number of aliphatic hydroxyl groups excluding tert-OH is 1. The van der Waals surface area contributed by atoms with Gasteiger partial charge in [0.25, 0.3) is 0 Å². The summed E-state index contributed by atoms with van der Waals surface area (Å²) in [6, 6.07) is 8.15. The van der Waals surface area contributed by atoms with Crippen LogP contribution in [0.2, 0.25) is 0 Å². The Morgan fingerprint density at radius 1 is 1.46 bits per heavy atom. The molecule has 0 radical (unpaired) electrons. The van der Waals surface area contributed by atoms with Gasteiger partial charge in [0.2, 0.25) is 0 Å². The number of ether oxygens (including phenoxy) is 1. The highest BCUT2D eigenvalue weighted by atomic mass is 16.5. The Morgan fingerprint density at radius 3 is 2.85 bits per heavy atom. The lowest BCUT2D eigenvalue weighted by atomic mass is 10.1. The molecule has 1 aromatic carbocycles. The van der Waals surface area contributed by atoms with Crippen LogP contribution >= 0.6 is 0 Å². The number of methoxy groups -OCH3 is 1. The Labute approximate surface area is 79.2 Å². The van der Waals surface area contributed by atoms with E-state index in [2.05, 4.69) is 6.07 Å². The predicted molar refractivity (Wildman–Crippen MR) is 52.8 cm³/mol. The van der Waals surface area contributed by atoms with Crippen LogP contribution in [0.5, 0.6) is 0 Å². The third kappa shape index (κ3) is 3.57. The van der Waals surface area contributed by atoms with Crippen molar-refractivity contribution in [1.29, 1.82) is 0 Å². The Hall–Kier alpha value is -0.860. The summed E-state index contributed by atoms with van der Waals surface area (Å²) in [7, 11) is 1.60. The normalized spacial score (nSPS) is 12.8. The van der Waals surface area contributed by atoms with Crippen molar-refractivity contribution in [3.63, 3.8) is 0 Å². The number of benzene rings is 1. The van der Waals surface area contributed by atoms with Crippen LogP contribution in [-0.2, 0) is 11.2 Å². The molecule has 0 bridgehead atoms. The van der Waals surface area contributed by atoms with Gasteiger partial charge < -0.3 is 9.84 Å². The number of hydrogen-bond acceptors (Lipinski definition) is 2. The second kappa shape index (κ2) is 5.00. The molecule has 1 aromatic rings. The summed E-state index contributed by atoms with van der Waals surface area (Å²) in [6.45, 7) is 2.44. The van der Waals surface area contributed by atoms with E-state index in [9.17, 15) is 5.11 Å². The molecule has 0 aliphatic heterocycles. The van der Waals surface area contributed by atoms with Gasteiger partial charge in [-0.05, 0) is 12.5 Å². The van der Waals surface area contributed by atoms with Crippen molar-refractivity contribution in [2.75, 3.05) is 13.7 Å². The molecule has 0 amide bonds. The fraction of sp³-hybridized carbons (Fsp3) is 0.455. The van der Waals surface area contributed by atoms with Crippen LogP contribution in [-0.4, -0.2) is 24.9 Å². The van der Waals surface area contributed by atoms with Crippen molar-refractivity contribution >= 4 is 0 Å². The Kier molecular flexibility index (Phi) is 3.93. The second-order valence-electron chi connectivity index (χ2n) is 3.30. The molecule has 0 fully saturated rings. The van der Waals surface area contributed by atoms with Crippen LogP contribution in [0.25, 0.3) is 0 Å². The Balaban J connectivity index is 2.53. The molecule has 13 heavy (non-hydrogen) atoms. The van der Waals surface area contributed by atoms with E-state index in [4.69, 9.17) is 4.74 Å². The first-order valence-electron chi connectivity index (χ1n) is 4.45. The van der Waals surface area contributed by atoms with Gasteiger partial charge in [-0.3, -0.25) is 0 Å². The van der Waals surface area contributed by atoms with E-state index in [1.165, 1.54) is 5.56 Å². The van der Waals surface area contributed by atoms with Crippen molar-refractivity contribution < 1.29 is 9.84 Å². The summed E-state index contributed by atoms with van der Waals surface area (Å²) < 4.78 is 4.86. The number of hydrogen-bond donors (Lipinski definition) is 1. The largest absolute Gasteiger partial charge is 0.390 e. The maximum Gasteiger partial charge on any atom is 0.0813 e. The highest BCUT2D eigenvalue weighted by Gasteiger charge is 2.04. The van der Waals surface area contributed by atoms with Gasteiger partial charge in [-0.25, -0.2) is 0 Å². The maximum atomic E-state index is 9.47. The monoisotopic (exact) mass is 180 g/mol. The highest BCUT2D eigenvalue weighted by Crippen LogP contribution is 2.06. The lowest BCUT2D eigenvalue weighted by molar-refractivity contribution is 0.0650. The lowest BCUT2D eigenvalue weighted by Crippen LogP contribution is -2.16. The van der Waals surface area contributed by atoms with Crippen LogP contribution in [0.15, 0.2) is 24.3 Å². The molecule has 0 saturated carbocycles. The minimum absolute atomic E-state index is 0.396. The quantitative estimate of drug-likeness (QED) is 0.761. The molecular formula is C11H16O2. The van der Waals surface area contributed by atoms with E-state index in [1.54, 1.807) is 7.11 Å². The number of aryl methyl sites for hydroxylation is 1. The fourth-order valence-electron chi connectivity index (χ4n) is 1.36. The van der Waals surface area contributed by atoms with Gasteiger partial charge in [0.15, 0.2) is 0 Å². The molecule has 0 aliphatic rings. The molecule has 72 valence electrons. The summed E-state index contributed by atoms with van der Waals surface area (Å²) >= 11 is 0. The molecule has 1 rings (SSSR count). The summed E-state index contributed by atoms with van der Waals surface area (Å²) in [6.07, 6.45) is 0.266. The molecule has 2 nitrogen and oxygen atoms in total. The standard InChI is InChI=1S/C11H16O2/c1-9-4-3-5-10(6-9)7-11(12)8-13-2/h3-6,11-12H,7-8H2,1-2H3. The van der Waals surface area contributed by atoms with Gasteiger partial charge in [-0.2, -0.15) is 0 Å². The van der Waals surface area contributed by atoms with Crippen molar-refractivity contribution in [3.05, 3.63) is 35.4 Å². The topological polar surface area (TPSA) is 29.5 Å². The third-order valence-corrected chi connectivity index (χ3v) is 1.91. The van der Waals surface area contributed by atoms with Crippen molar-refractivity contribution in [1.82, 2.24) is 0 Å². The van der Waals surface area contributed by atoms with Gasteiger partial charge in [0.05, 0.1) is 12.7 Å². The molecule has 0 aliphatic carbocycles. The first kappa shape index (κ1) is 10.2. The van der Waals surface area contributed by atoms with E-state index >= 15 is 0 Å². The predicted octanol–water partition coefficient (Wildman–Crippen LogP) is 1.54. The van der Waals surface area contributed by atoms with Crippen molar-refractivity contribution in [2.45, 2.75) is 19.4 Å². The van der Waals surface area contributed by atoms with Gasteiger partial charge in [0.1, 0.15) is 0 Å². The fourth-order valence-corrected chi connectivity index (χ4v) is 1.36. The molecule has 1 N–H and O–H groups in total. The number of aliphatic hydroxyl groups is 1. The first-order valence-corrected chi connectivity index (χ1v) is 4.45. The SMILES string of the molecule is COCC(O)Cc1cccc(C)c1. The van der Waals surface area contributed by atoms with Crippen LogP contribution in [0, 0.1) is 6.92 Å². The highest BCUT2D eigenvalue weighted by molar-refractivity contribution is 5.22. The third-order valence-electron chi connectivity index (χ3n) is 1.91. The van der Waals surface area contributed by atoms with Crippen LogP contribution in [0.3, 0.4) is 0 Å². The molecular weight excluding hydrogens is 164 g/mol. The minimum atomic E-state index is -0.396. The van der Waals surface area contributed by atoms with Gasteiger partial charge >= 0.3 is 0 Å². The van der Waals surface area contributed by atoms with Crippen molar-refractivity contribution in [2.24, 2.45) is 0 Å². The van der Waals surface area contributed by atoms with E-state index < -0.39 is 6.10 Å². The average molecular weight is 180 g/mol. The number of rotatable bonds is 4. The minimum Gasteiger partial charge on any atom is -0.390 e. The smallest absolute Gasteiger partial charge is 0.0813 e. The van der Waals surface area contributed by atoms with Crippen LogP contribution < -0.4 is 0 Å². The molecule has 0 aromatic heterocycles. The second-order valence-corrected chi connectivity index (χ2v) is 3.30. The lowest BCUT2D eigenvalue weighted by Gasteiger charge is -2.09. The maximum absolute atomic E-state index is 9.47. The average Bonchev–Trinajstić information content (AvgIpc) is 2.04. The zero-order valence-electron chi connectivity index (χ0n) is 8.16. The molecule has 2 heteroatoms.